The van der Waals surface area contributed by atoms with Crippen LogP contribution in [0.4, 0.5) is 14.5 Å². The topological polar surface area (TPSA) is 56.8 Å². The standard InChI is InChI=1S/C18H19F2NO4/c1-23-13-8-9-15(24-2)12(11-13)7-10-17(22)21-14-5-3-4-6-16(14)25-18(19)20/h3-6,8-9,11,18H,7,10H2,1-2H3,(H,21,22). The van der Waals surface area contributed by atoms with E-state index in [1.807, 2.05) is 0 Å². The second kappa shape index (κ2) is 8.86. The van der Waals surface area contributed by atoms with Crippen molar-refractivity contribution in [2.75, 3.05) is 19.5 Å². The zero-order valence-corrected chi connectivity index (χ0v) is 13.9. The summed E-state index contributed by atoms with van der Waals surface area (Å²) in [6.45, 7) is -2.96. The number of methoxy groups -OCH3 is 2. The molecule has 1 N–H and O–H groups in total. The fourth-order valence-electron chi connectivity index (χ4n) is 2.31. The van der Waals surface area contributed by atoms with Crippen LogP contribution in [0.3, 0.4) is 0 Å². The van der Waals surface area contributed by atoms with Crippen molar-refractivity contribution in [1.82, 2.24) is 0 Å². The van der Waals surface area contributed by atoms with Crippen LogP contribution in [0.15, 0.2) is 42.5 Å². The SMILES string of the molecule is COc1ccc(OC)c(CCC(=O)Nc2ccccc2OC(F)F)c1. The summed E-state index contributed by atoms with van der Waals surface area (Å²) in [4.78, 5) is 12.2. The maximum Gasteiger partial charge on any atom is 0.387 e. The first-order chi connectivity index (χ1) is 12.0. The zero-order valence-electron chi connectivity index (χ0n) is 13.9. The lowest BCUT2D eigenvalue weighted by Gasteiger charge is -2.13. The summed E-state index contributed by atoms with van der Waals surface area (Å²) in [5.41, 5.74) is 1.01. The molecule has 2 aromatic carbocycles. The van der Waals surface area contributed by atoms with Crippen LogP contribution in [0.1, 0.15) is 12.0 Å². The van der Waals surface area contributed by atoms with Gasteiger partial charge in [0.1, 0.15) is 17.2 Å². The van der Waals surface area contributed by atoms with E-state index in [1.54, 1.807) is 44.6 Å². The van der Waals surface area contributed by atoms with Gasteiger partial charge in [0.2, 0.25) is 5.91 Å². The second-order valence-corrected chi connectivity index (χ2v) is 5.10. The molecule has 0 aliphatic carbocycles. The number of amides is 1. The number of ether oxygens (including phenoxy) is 3. The van der Waals surface area contributed by atoms with Crippen LogP contribution in [-0.4, -0.2) is 26.7 Å². The molecule has 0 bridgehead atoms. The number of benzene rings is 2. The Labute approximate surface area is 144 Å². The van der Waals surface area contributed by atoms with Gasteiger partial charge in [-0.25, -0.2) is 0 Å². The van der Waals surface area contributed by atoms with Crippen LogP contribution >= 0.6 is 0 Å². The summed E-state index contributed by atoms with van der Waals surface area (Å²) in [6, 6.07) is 11.4. The fraction of sp³-hybridized carbons (Fsp3) is 0.278. The molecule has 0 atom stereocenters. The summed E-state index contributed by atoms with van der Waals surface area (Å²) in [5.74, 6) is 0.905. The lowest BCUT2D eigenvalue weighted by atomic mass is 10.1. The molecule has 0 saturated heterocycles. The normalized spacial score (nSPS) is 10.4. The largest absolute Gasteiger partial charge is 0.497 e. The van der Waals surface area contributed by atoms with Gasteiger partial charge in [-0.15, -0.1) is 0 Å². The monoisotopic (exact) mass is 351 g/mol. The molecule has 0 spiro atoms. The molecule has 0 radical (unpaired) electrons. The maximum absolute atomic E-state index is 12.4. The van der Waals surface area contributed by atoms with E-state index >= 15 is 0 Å². The minimum atomic E-state index is -2.96. The average molecular weight is 351 g/mol. The van der Waals surface area contributed by atoms with Gasteiger partial charge < -0.3 is 19.5 Å². The molecule has 0 saturated carbocycles. The van der Waals surface area contributed by atoms with Crippen LogP contribution < -0.4 is 19.5 Å². The van der Waals surface area contributed by atoms with Gasteiger partial charge >= 0.3 is 6.61 Å². The number of rotatable bonds is 8. The van der Waals surface area contributed by atoms with Crippen LogP contribution in [0.2, 0.25) is 0 Å². The Kier molecular flexibility index (Phi) is 6.56. The van der Waals surface area contributed by atoms with Crippen molar-refractivity contribution >= 4 is 11.6 Å². The van der Waals surface area contributed by atoms with Crippen molar-refractivity contribution in [1.29, 1.82) is 0 Å². The first-order valence-corrected chi connectivity index (χ1v) is 7.58. The predicted octanol–water partition coefficient (Wildman–Crippen LogP) is 3.88. The molecular formula is C18H19F2NO4. The van der Waals surface area contributed by atoms with Gasteiger partial charge in [-0.1, -0.05) is 12.1 Å². The Hall–Kier alpha value is -2.83. The van der Waals surface area contributed by atoms with E-state index in [0.717, 1.165) is 5.56 Å². The second-order valence-electron chi connectivity index (χ2n) is 5.10. The maximum atomic E-state index is 12.4. The van der Waals surface area contributed by atoms with Gasteiger partial charge in [0.15, 0.2) is 0 Å². The van der Waals surface area contributed by atoms with Crippen molar-refractivity contribution in [3.63, 3.8) is 0 Å². The van der Waals surface area contributed by atoms with E-state index in [2.05, 4.69) is 10.1 Å². The van der Waals surface area contributed by atoms with Gasteiger partial charge in [0.25, 0.3) is 0 Å². The van der Waals surface area contributed by atoms with Crippen LogP contribution in [-0.2, 0) is 11.2 Å². The number of carbonyl (C=O) groups excluding carboxylic acids is 1. The molecule has 5 nitrogen and oxygen atoms in total. The minimum Gasteiger partial charge on any atom is -0.497 e. The first kappa shape index (κ1) is 18.5. The Morgan fingerprint density at radius 2 is 1.84 bits per heavy atom. The Morgan fingerprint density at radius 1 is 1.08 bits per heavy atom. The smallest absolute Gasteiger partial charge is 0.387 e. The molecule has 7 heteroatoms. The van der Waals surface area contributed by atoms with Gasteiger partial charge in [-0.2, -0.15) is 8.78 Å². The number of aryl methyl sites for hydroxylation is 1. The van der Waals surface area contributed by atoms with E-state index in [1.165, 1.54) is 12.1 Å². The number of carbonyl (C=O) groups is 1. The van der Waals surface area contributed by atoms with Crippen LogP contribution in [0, 0.1) is 0 Å². The highest BCUT2D eigenvalue weighted by Gasteiger charge is 2.13. The summed E-state index contributed by atoms with van der Waals surface area (Å²) in [7, 11) is 3.10. The van der Waals surface area contributed by atoms with E-state index in [0.29, 0.717) is 17.9 Å². The predicted molar refractivity (Wildman–Crippen MR) is 89.6 cm³/mol. The molecule has 134 valence electrons. The minimum absolute atomic E-state index is 0.0789. The van der Waals surface area contributed by atoms with Gasteiger partial charge in [-0.3, -0.25) is 4.79 Å². The number of hydrogen-bond donors (Lipinski definition) is 1. The molecule has 2 aromatic rings. The number of nitrogens with one attached hydrogen (secondary N) is 1. The van der Waals surface area contributed by atoms with Crippen molar-refractivity contribution in [3.05, 3.63) is 48.0 Å². The highest BCUT2D eigenvalue weighted by molar-refractivity contribution is 5.92. The summed E-state index contributed by atoms with van der Waals surface area (Å²) >= 11 is 0. The number of para-hydroxylation sites is 2. The summed E-state index contributed by atoms with van der Waals surface area (Å²) in [5, 5.41) is 2.58. The summed E-state index contributed by atoms with van der Waals surface area (Å²) < 4.78 is 39.6. The highest BCUT2D eigenvalue weighted by atomic mass is 19.3. The van der Waals surface area contributed by atoms with Gasteiger partial charge in [0.05, 0.1) is 19.9 Å². The van der Waals surface area contributed by atoms with Gasteiger partial charge in [-0.05, 0) is 42.3 Å². The molecule has 0 fully saturated rings. The number of anilines is 1. The Morgan fingerprint density at radius 3 is 2.52 bits per heavy atom. The molecule has 1 amide bonds. The van der Waals surface area contributed by atoms with E-state index in [-0.39, 0.29) is 23.8 Å². The zero-order chi connectivity index (χ0) is 18.2. The number of hydrogen-bond acceptors (Lipinski definition) is 4. The van der Waals surface area contributed by atoms with Crippen molar-refractivity contribution in [2.45, 2.75) is 19.5 Å². The third-order valence-corrected chi connectivity index (χ3v) is 3.49. The quantitative estimate of drug-likeness (QED) is 0.784. The lowest BCUT2D eigenvalue weighted by Crippen LogP contribution is -2.14. The molecule has 0 heterocycles. The van der Waals surface area contributed by atoms with Crippen molar-refractivity contribution < 1.29 is 27.8 Å². The lowest BCUT2D eigenvalue weighted by molar-refractivity contribution is -0.116. The van der Waals surface area contributed by atoms with E-state index in [9.17, 15) is 13.6 Å². The number of halogens is 2. The molecule has 0 unspecified atom stereocenters. The fourth-order valence-corrected chi connectivity index (χ4v) is 2.31. The van der Waals surface area contributed by atoms with Crippen LogP contribution in [0.25, 0.3) is 0 Å². The Bertz CT molecular complexity index is 722. The molecule has 2 rings (SSSR count). The van der Waals surface area contributed by atoms with E-state index in [4.69, 9.17) is 9.47 Å². The Balaban J connectivity index is 2.02. The van der Waals surface area contributed by atoms with Crippen molar-refractivity contribution in [2.24, 2.45) is 0 Å². The molecular weight excluding hydrogens is 332 g/mol. The van der Waals surface area contributed by atoms with Gasteiger partial charge in [0, 0.05) is 6.42 Å². The first-order valence-electron chi connectivity index (χ1n) is 7.58. The third kappa shape index (κ3) is 5.34. The third-order valence-electron chi connectivity index (χ3n) is 3.49. The molecule has 0 aromatic heterocycles. The summed E-state index contributed by atoms with van der Waals surface area (Å²) in [6.07, 6.45) is 0.552. The number of alkyl halides is 2. The molecule has 0 aliphatic heterocycles. The highest BCUT2D eigenvalue weighted by Crippen LogP contribution is 2.27. The van der Waals surface area contributed by atoms with E-state index < -0.39 is 6.61 Å². The van der Waals surface area contributed by atoms with Crippen molar-refractivity contribution in [3.8, 4) is 17.2 Å². The molecule has 0 aliphatic rings. The van der Waals surface area contributed by atoms with Crippen LogP contribution in [0.5, 0.6) is 17.2 Å². The molecule has 25 heavy (non-hydrogen) atoms. The average Bonchev–Trinajstić information content (AvgIpc) is 2.61.